The lowest BCUT2D eigenvalue weighted by Gasteiger charge is -2.12. The van der Waals surface area contributed by atoms with Gasteiger partial charge in [0, 0.05) is 4.47 Å². The summed E-state index contributed by atoms with van der Waals surface area (Å²) in [6.07, 6.45) is 0. The van der Waals surface area contributed by atoms with E-state index in [0.717, 1.165) is 15.6 Å². The van der Waals surface area contributed by atoms with Crippen LogP contribution in [0.4, 0.5) is 0 Å². The van der Waals surface area contributed by atoms with E-state index in [1.807, 2.05) is 37.3 Å². The molecule has 0 spiro atoms. The van der Waals surface area contributed by atoms with Crippen LogP contribution in [0.25, 0.3) is 10.9 Å². The first kappa shape index (κ1) is 14.3. The molecule has 0 saturated carbocycles. The molecule has 2 heterocycles. The maximum atomic E-state index is 12.8. The second kappa shape index (κ2) is 5.38. The summed E-state index contributed by atoms with van der Waals surface area (Å²) in [6.45, 7) is 2.48. The molecule has 1 aliphatic rings. The van der Waals surface area contributed by atoms with Gasteiger partial charge in [-0.1, -0.05) is 28.1 Å². The average Bonchev–Trinajstić information content (AvgIpc) is 2.98. The Morgan fingerprint density at radius 3 is 2.78 bits per heavy atom. The summed E-state index contributed by atoms with van der Waals surface area (Å²) in [5, 5.41) is 0.620. The van der Waals surface area contributed by atoms with E-state index < -0.39 is 0 Å². The number of aromatic nitrogens is 2. The normalized spacial score (nSPS) is 12.8. The predicted molar refractivity (Wildman–Crippen MR) is 90.1 cm³/mol. The molecule has 6 heteroatoms. The van der Waals surface area contributed by atoms with E-state index in [2.05, 4.69) is 20.9 Å². The molecule has 3 aromatic rings. The third-order valence-electron chi connectivity index (χ3n) is 3.92. The molecule has 0 N–H and O–H groups in total. The molecule has 0 amide bonds. The number of aryl methyl sites for hydroxylation is 1. The molecule has 0 saturated heterocycles. The van der Waals surface area contributed by atoms with Crippen molar-refractivity contribution >= 4 is 26.8 Å². The molecule has 1 aliphatic heterocycles. The van der Waals surface area contributed by atoms with Crippen LogP contribution in [-0.2, 0) is 6.54 Å². The molecule has 4 rings (SSSR count). The number of ether oxygens (including phenoxy) is 2. The summed E-state index contributed by atoms with van der Waals surface area (Å²) in [5.41, 5.74) is 1.62. The van der Waals surface area contributed by atoms with Gasteiger partial charge in [-0.2, -0.15) is 0 Å². The molecule has 0 fully saturated rings. The Hall–Kier alpha value is -2.34. The molecule has 0 unspecified atom stereocenters. The summed E-state index contributed by atoms with van der Waals surface area (Å²) in [7, 11) is 0. The molecular formula is C17H13BrN2O3. The van der Waals surface area contributed by atoms with Crippen molar-refractivity contribution in [2.75, 3.05) is 6.79 Å². The van der Waals surface area contributed by atoms with Crippen molar-refractivity contribution in [3.05, 3.63) is 62.6 Å². The van der Waals surface area contributed by atoms with E-state index in [0.29, 0.717) is 29.3 Å². The maximum absolute atomic E-state index is 12.8. The second-order valence-electron chi connectivity index (χ2n) is 5.36. The number of hydrogen-bond acceptors (Lipinski definition) is 4. The highest BCUT2D eigenvalue weighted by molar-refractivity contribution is 9.10. The molecule has 5 nitrogen and oxygen atoms in total. The SMILES string of the molecule is Cc1nc2ccccc2c(=O)n1Cc1cc2c(cc1Br)OCO2. The van der Waals surface area contributed by atoms with Crippen LogP contribution in [0.5, 0.6) is 11.5 Å². The number of para-hydroxylation sites is 1. The smallest absolute Gasteiger partial charge is 0.261 e. The Bertz CT molecular complexity index is 981. The summed E-state index contributed by atoms with van der Waals surface area (Å²) in [6, 6.07) is 11.1. The van der Waals surface area contributed by atoms with Crippen LogP contribution in [0.2, 0.25) is 0 Å². The largest absolute Gasteiger partial charge is 0.454 e. The van der Waals surface area contributed by atoms with Crippen LogP contribution in [0.15, 0.2) is 45.7 Å². The highest BCUT2D eigenvalue weighted by Gasteiger charge is 2.17. The van der Waals surface area contributed by atoms with Gasteiger partial charge in [-0.05, 0) is 36.8 Å². The standard InChI is InChI=1S/C17H13BrN2O3/c1-10-19-14-5-3-2-4-12(14)17(21)20(10)8-11-6-15-16(7-13(11)18)23-9-22-15/h2-7H,8-9H2,1H3. The van der Waals surface area contributed by atoms with E-state index in [1.165, 1.54) is 0 Å². The average molecular weight is 373 g/mol. The van der Waals surface area contributed by atoms with Crippen LogP contribution in [0, 0.1) is 6.92 Å². The van der Waals surface area contributed by atoms with Gasteiger partial charge in [-0.15, -0.1) is 0 Å². The molecule has 23 heavy (non-hydrogen) atoms. The highest BCUT2D eigenvalue weighted by atomic mass is 79.9. The van der Waals surface area contributed by atoms with Crippen molar-refractivity contribution in [3.63, 3.8) is 0 Å². The van der Waals surface area contributed by atoms with Gasteiger partial charge >= 0.3 is 0 Å². The third kappa shape index (κ3) is 2.39. The lowest BCUT2D eigenvalue weighted by Crippen LogP contribution is -2.24. The topological polar surface area (TPSA) is 53.4 Å². The predicted octanol–water partition coefficient (Wildman–Crippen LogP) is 3.24. The number of fused-ring (bicyclic) bond motifs is 2. The van der Waals surface area contributed by atoms with Crippen LogP contribution in [0.3, 0.4) is 0 Å². The van der Waals surface area contributed by atoms with Crippen molar-refractivity contribution in [2.45, 2.75) is 13.5 Å². The fraction of sp³-hybridized carbons (Fsp3) is 0.176. The van der Waals surface area contributed by atoms with Crippen LogP contribution in [-0.4, -0.2) is 16.3 Å². The van der Waals surface area contributed by atoms with Gasteiger partial charge in [-0.3, -0.25) is 9.36 Å². The first-order valence-corrected chi connectivity index (χ1v) is 7.97. The second-order valence-corrected chi connectivity index (χ2v) is 6.22. The zero-order chi connectivity index (χ0) is 16.0. The number of nitrogens with zero attached hydrogens (tertiary/aromatic N) is 2. The monoisotopic (exact) mass is 372 g/mol. The Kier molecular flexibility index (Phi) is 3.34. The molecule has 2 aromatic carbocycles. The van der Waals surface area contributed by atoms with Gasteiger partial charge in [0.1, 0.15) is 5.82 Å². The summed E-state index contributed by atoms with van der Waals surface area (Å²) in [4.78, 5) is 17.3. The Morgan fingerprint density at radius 1 is 1.22 bits per heavy atom. The van der Waals surface area contributed by atoms with Crippen molar-refractivity contribution in [3.8, 4) is 11.5 Å². The molecule has 116 valence electrons. The van der Waals surface area contributed by atoms with Crippen LogP contribution < -0.4 is 15.0 Å². The van der Waals surface area contributed by atoms with Gasteiger partial charge in [0.25, 0.3) is 5.56 Å². The fourth-order valence-corrected chi connectivity index (χ4v) is 3.16. The van der Waals surface area contributed by atoms with E-state index in [9.17, 15) is 4.79 Å². The summed E-state index contributed by atoms with van der Waals surface area (Å²) >= 11 is 3.53. The first-order chi connectivity index (χ1) is 11.1. The van der Waals surface area contributed by atoms with Gasteiger partial charge in [0.15, 0.2) is 11.5 Å². The van der Waals surface area contributed by atoms with Crippen LogP contribution in [0.1, 0.15) is 11.4 Å². The highest BCUT2D eigenvalue weighted by Crippen LogP contribution is 2.37. The van der Waals surface area contributed by atoms with Gasteiger partial charge < -0.3 is 9.47 Å². The van der Waals surface area contributed by atoms with E-state index in [1.54, 1.807) is 10.6 Å². The number of hydrogen-bond donors (Lipinski definition) is 0. The minimum atomic E-state index is -0.0438. The molecule has 0 atom stereocenters. The Balaban J connectivity index is 1.83. The third-order valence-corrected chi connectivity index (χ3v) is 4.66. The fourth-order valence-electron chi connectivity index (χ4n) is 2.72. The lowest BCUT2D eigenvalue weighted by atomic mass is 10.2. The van der Waals surface area contributed by atoms with E-state index >= 15 is 0 Å². The van der Waals surface area contributed by atoms with Crippen LogP contribution >= 0.6 is 15.9 Å². The zero-order valence-electron chi connectivity index (χ0n) is 12.4. The maximum Gasteiger partial charge on any atom is 0.261 e. The van der Waals surface area contributed by atoms with Crippen molar-refractivity contribution in [1.29, 1.82) is 0 Å². The lowest BCUT2D eigenvalue weighted by molar-refractivity contribution is 0.174. The molecule has 0 radical (unpaired) electrons. The minimum absolute atomic E-state index is 0.0438. The quantitative estimate of drug-likeness (QED) is 0.692. The molecular weight excluding hydrogens is 360 g/mol. The minimum Gasteiger partial charge on any atom is -0.454 e. The zero-order valence-corrected chi connectivity index (χ0v) is 14.0. The van der Waals surface area contributed by atoms with Crippen molar-refractivity contribution in [1.82, 2.24) is 9.55 Å². The first-order valence-electron chi connectivity index (χ1n) is 7.17. The van der Waals surface area contributed by atoms with E-state index in [4.69, 9.17) is 9.47 Å². The van der Waals surface area contributed by atoms with Gasteiger partial charge in [0.05, 0.1) is 17.4 Å². The number of rotatable bonds is 2. The number of halogens is 1. The Morgan fingerprint density at radius 2 is 1.96 bits per heavy atom. The molecule has 0 aliphatic carbocycles. The van der Waals surface area contributed by atoms with Crippen molar-refractivity contribution < 1.29 is 9.47 Å². The van der Waals surface area contributed by atoms with Gasteiger partial charge in [-0.25, -0.2) is 4.98 Å². The van der Waals surface area contributed by atoms with Gasteiger partial charge in [0.2, 0.25) is 6.79 Å². The van der Waals surface area contributed by atoms with Crippen molar-refractivity contribution in [2.24, 2.45) is 0 Å². The summed E-state index contributed by atoms with van der Waals surface area (Å²) < 4.78 is 13.3. The molecule has 1 aromatic heterocycles. The van der Waals surface area contributed by atoms with E-state index in [-0.39, 0.29) is 12.4 Å². The molecule has 0 bridgehead atoms. The summed E-state index contributed by atoms with van der Waals surface area (Å²) in [5.74, 6) is 2.09. The number of benzene rings is 2. The Labute approximate surface area is 140 Å².